The predicted octanol–water partition coefficient (Wildman–Crippen LogP) is 2.89. The number of aromatic nitrogens is 1. The lowest BCUT2D eigenvalue weighted by atomic mass is 10.1. The Bertz CT molecular complexity index is 633. The van der Waals surface area contributed by atoms with Crippen LogP contribution in [0.15, 0.2) is 48.8 Å². The highest BCUT2D eigenvalue weighted by Crippen LogP contribution is 2.12. The van der Waals surface area contributed by atoms with Gasteiger partial charge < -0.3 is 14.2 Å². The fraction of sp³-hybridized carbons (Fsp3) is 0.333. The summed E-state index contributed by atoms with van der Waals surface area (Å²) in [6.07, 6.45) is 4.12. The van der Waals surface area contributed by atoms with Gasteiger partial charge in [-0.25, -0.2) is 0 Å². The van der Waals surface area contributed by atoms with Crippen LogP contribution in [0.25, 0.3) is 5.69 Å². The topological polar surface area (TPSA) is 51.5 Å². The van der Waals surface area contributed by atoms with Gasteiger partial charge in [-0.3, -0.25) is 9.59 Å². The molecule has 0 N–H and O–H groups in total. The van der Waals surface area contributed by atoms with Crippen molar-refractivity contribution in [1.29, 1.82) is 0 Å². The summed E-state index contributed by atoms with van der Waals surface area (Å²) in [6, 6.07) is 11.3. The molecule has 1 aromatic heterocycles. The number of carbonyl (C=O) groups excluding carboxylic acids is 2. The molecule has 0 bridgehead atoms. The average molecular weight is 314 g/mol. The number of rotatable bonds is 7. The number of amides is 1. The molecule has 0 saturated heterocycles. The first kappa shape index (κ1) is 16.8. The molecule has 0 fully saturated rings. The number of nitrogens with zero attached hydrogens (tertiary/aromatic N) is 2. The Morgan fingerprint density at radius 3 is 2.30 bits per heavy atom. The van der Waals surface area contributed by atoms with Crippen LogP contribution in [0.3, 0.4) is 0 Å². The van der Waals surface area contributed by atoms with Crippen LogP contribution in [0, 0.1) is 0 Å². The van der Waals surface area contributed by atoms with Crippen molar-refractivity contribution in [3.05, 3.63) is 54.4 Å². The van der Waals surface area contributed by atoms with Gasteiger partial charge in [-0.1, -0.05) is 0 Å². The van der Waals surface area contributed by atoms with Crippen LogP contribution < -0.4 is 0 Å². The van der Waals surface area contributed by atoms with Crippen molar-refractivity contribution in [1.82, 2.24) is 9.47 Å². The van der Waals surface area contributed by atoms with Crippen molar-refractivity contribution in [2.24, 2.45) is 0 Å². The van der Waals surface area contributed by atoms with Crippen LogP contribution in [-0.2, 0) is 9.53 Å². The van der Waals surface area contributed by atoms with Gasteiger partial charge in [0.1, 0.15) is 0 Å². The first-order chi connectivity index (χ1) is 11.2. The maximum Gasteiger partial charge on any atom is 0.307 e. The summed E-state index contributed by atoms with van der Waals surface area (Å²) >= 11 is 0. The molecule has 0 atom stereocenters. The van der Waals surface area contributed by atoms with Gasteiger partial charge in [0.05, 0.1) is 13.0 Å². The van der Waals surface area contributed by atoms with Crippen LogP contribution in [-0.4, -0.2) is 41.0 Å². The van der Waals surface area contributed by atoms with E-state index in [-0.39, 0.29) is 18.3 Å². The standard InChI is InChI=1S/C18H22N2O3/c1-3-19(14-11-17(21)23-4-2)18(22)15-7-9-16(10-8-15)20-12-5-6-13-20/h5-10,12-13H,3-4,11,14H2,1-2H3. The van der Waals surface area contributed by atoms with Gasteiger partial charge >= 0.3 is 5.97 Å². The van der Waals surface area contributed by atoms with Crippen molar-refractivity contribution < 1.29 is 14.3 Å². The fourth-order valence-electron chi connectivity index (χ4n) is 2.33. The van der Waals surface area contributed by atoms with Gasteiger partial charge in [0.15, 0.2) is 0 Å². The zero-order chi connectivity index (χ0) is 16.7. The van der Waals surface area contributed by atoms with Crippen molar-refractivity contribution in [3.63, 3.8) is 0 Å². The van der Waals surface area contributed by atoms with Gasteiger partial charge in [-0.05, 0) is 50.2 Å². The van der Waals surface area contributed by atoms with E-state index in [1.54, 1.807) is 11.8 Å². The van der Waals surface area contributed by atoms with Gasteiger partial charge in [0.25, 0.3) is 5.91 Å². The van der Waals surface area contributed by atoms with Crippen molar-refractivity contribution in [2.45, 2.75) is 20.3 Å². The number of benzene rings is 1. The number of ether oxygens (including phenoxy) is 1. The Hall–Kier alpha value is -2.56. The highest BCUT2D eigenvalue weighted by molar-refractivity contribution is 5.94. The zero-order valence-corrected chi connectivity index (χ0v) is 13.6. The lowest BCUT2D eigenvalue weighted by Gasteiger charge is -2.20. The minimum Gasteiger partial charge on any atom is -0.466 e. The first-order valence-corrected chi connectivity index (χ1v) is 7.84. The second kappa shape index (κ2) is 8.17. The molecule has 2 aromatic rings. The van der Waals surface area contributed by atoms with E-state index in [9.17, 15) is 9.59 Å². The average Bonchev–Trinajstić information content (AvgIpc) is 3.10. The third-order valence-corrected chi connectivity index (χ3v) is 3.58. The summed E-state index contributed by atoms with van der Waals surface area (Å²) in [5.41, 5.74) is 1.62. The van der Waals surface area contributed by atoms with Crippen LogP contribution >= 0.6 is 0 Å². The molecule has 0 unspecified atom stereocenters. The predicted molar refractivity (Wildman–Crippen MR) is 88.6 cm³/mol. The van der Waals surface area contributed by atoms with Crippen LogP contribution in [0.5, 0.6) is 0 Å². The Labute approximate surface area is 136 Å². The van der Waals surface area contributed by atoms with Gasteiger partial charge in [-0.2, -0.15) is 0 Å². The molecule has 1 heterocycles. The quantitative estimate of drug-likeness (QED) is 0.738. The second-order valence-electron chi connectivity index (χ2n) is 5.08. The third kappa shape index (κ3) is 4.45. The number of carbonyl (C=O) groups is 2. The Morgan fingerprint density at radius 2 is 1.74 bits per heavy atom. The molecule has 0 aliphatic rings. The molecule has 122 valence electrons. The molecular weight excluding hydrogens is 292 g/mol. The maximum atomic E-state index is 12.5. The van der Waals surface area contributed by atoms with Crippen molar-refractivity contribution >= 4 is 11.9 Å². The summed E-state index contributed by atoms with van der Waals surface area (Å²) in [4.78, 5) is 25.6. The largest absolute Gasteiger partial charge is 0.466 e. The molecule has 5 nitrogen and oxygen atoms in total. The molecule has 0 radical (unpaired) electrons. The van der Waals surface area contributed by atoms with Crippen LogP contribution in [0.2, 0.25) is 0 Å². The van der Waals surface area contributed by atoms with Crippen LogP contribution in [0.1, 0.15) is 30.6 Å². The Kier molecular flexibility index (Phi) is 5.97. The lowest BCUT2D eigenvalue weighted by Crippen LogP contribution is -2.33. The van der Waals surface area contributed by atoms with E-state index in [0.717, 1.165) is 5.69 Å². The van der Waals surface area contributed by atoms with Gasteiger partial charge in [0.2, 0.25) is 0 Å². The highest BCUT2D eigenvalue weighted by Gasteiger charge is 2.15. The Morgan fingerprint density at radius 1 is 1.09 bits per heavy atom. The van der Waals surface area contributed by atoms with Gasteiger partial charge in [-0.15, -0.1) is 0 Å². The maximum absolute atomic E-state index is 12.5. The smallest absolute Gasteiger partial charge is 0.307 e. The molecule has 0 spiro atoms. The summed E-state index contributed by atoms with van der Waals surface area (Å²) in [5.74, 6) is -0.349. The number of hydrogen-bond acceptors (Lipinski definition) is 3. The minimum atomic E-state index is -0.276. The third-order valence-electron chi connectivity index (χ3n) is 3.58. The molecule has 1 amide bonds. The molecule has 0 saturated carbocycles. The van der Waals surface area contributed by atoms with E-state index in [4.69, 9.17) is 4.74 Å². The zero-order valence-electron chi connectivity index (χ0n) is 13.6. The molecule has 5 heteroatoms. The minimum absolute atomic E-state index is 0.0733. The molecule has 23 heavy (non-hydrogen) atoms. The van der Waals surface area contributed by atoms with E-state index in [2.05, 4.69) is 0 Å². The lowest BCUT2D eigenvalue weighted by molar-refractivity contribution is -0.143. The van der Waals surface area contributed by atoms with E-state index in [1.807, 2.05) is 60.3 Å². The van der Waals surface area contributed by atoms with Crippen LogP contribution in [0.4, 0.5) is 0 Å². The van der Waals surface area contributed by atoms with E-state index < -0.39 is 0 Å². The summed E-state index contributed by atoms with van der Waals surface area (Å²) in [6.45, 7) is 4.95. The molecule has 2 rings (SSSR count). The highest BCUT2D eigenvalue weighted by atomic mass is 16.5. The molecule has 1 aromatic carbocycles. The molecule has 0 aliphatic heterocycles. The first-order valence-electron chi connectivity index (χ1n) is 7.84. The summed E-state index contributed by atoms with van der Waals surface area (Å²) in [7, 11) is 0. The van der Waals surface area contributed by atoms with E-state index in [1.165, 1.54) is 0 Å². The SMILES string of the molecule is CCOC(=O)CCN(CC)C(=O)c1ccc(-n2cccc2)cc1. The van der Waals surface area contributed by atoms with Crippen molar-refractivity contribution in [2.75, 3.05) is 19.7 Å². The molecular formula is C18H22N2O3. The van der Waals surface area contributed by atoms with E-state index >= 15 is 0 Å². The number of esters is 1. The fourth-order valence-corrected chi connectivity index (χ4v) is 2.33. The van der Waals surface area contributed by atoms with Crippen molar-refractivity contribution in [3.8, 4) is 5.69 Å². The normalized spacial score (nSPS) is 10.3. The summed E-state index contributed by atoms with van der Waals surface area (Å²) in [5, 5.41) is 0. The molecule has 0 aliphatic carbocycles. The second-order valence-corrected chi connectivity index (χ2v) is 5.08. The van der Waals surface area contributed by atoms with E-state index in [0.29, 0.717) is 25.3 Å². The monoisotopic (exact) mass is 314 g/mol. The summed E-state index contributed by atoms with van der Waals surface area (Å²) < 4.78 is 6.88. The van der Waals surface area contributed by atoms with Gasteiger partial charge in [0, 0.05) is 36.7 Å². The number of hydrogen-bond donors (Lipinski definition) is 0. The Balaban J connectivity index is 2.01.